The van der Waals surface area contributed by atoms with Crippen LogP contribution in [0.4, 0.5) is 14.5 Å². The van der Waals surface area contributed by atoms with Crippen LogP contribution in [0.25, 0.3) is 11.1 Å². The number of amides is 2. The van der Waals surface area contributed by atoms with E-state index in [9.17, 15) is 18.4 Å². The van der Waals surface area contributed by atoms with Crippen molar-refractivity contribution in [2.24, 2.45) is 0 Å². The number of hydrogen-bond acceptors (Lipinski definition) is 2. The lowest BCUT2D eigenvalue weighted by Gasteiger charge is -2.15. The van der Waals surface area contributed by atoms with E-state index in [1.807, 2.05) is 0 Å². The monoisotopic (exact) mass is 394 g/mol. The summed E-state index contributed by atoms with van der Waals surface area (Å²) in [6.45, 7) is 1.69. The highest BCUT2D eigenvalue weighted by molar-refractivity contribution is 6.09. The van der Waals surface area contributed by atoms with E-state index in [-0.39, 0.29) is 17.0 Å². The minimum Gasteiger partial charge on any atom is -0.345 e. The van der Waals surface area contributed by atoms with Crippen LogP contribution < -0.4 is 5.32 Å². The first-order chi connectivity index (χ1) is 13.8. The summed E-state index contributed by atoms with van der Waals surface area (Å²) in [5.41, 5.74) is 2.22. The number of hydrogen-bond donors (Lipinski definition) is 1. The van der Waals surface area contributed by atoms with Crippen molar-refractivity contribution in [1.29, 1.82) is 0 Å². The van der Waals surface area contributed by atoms with Gasteiger partial charge >= 0.3 is 0 Å². The normalized spacial score (nSPS) is 10.5. The predicted molar refractivity (Wildman–Crippen MR) is 109 cm³/mol. The Bertz CT molecular complexity index is 1090. The third kappa shape index (κ3) is 4.32. The molecule has 3 aromatic carbocycles. The molecule has 148 valence electrons. The molecule has 0 fully saturated rings. The van der Waals surface area contributed by atoms with Crippen LogP contribution in [0.2, 0.25) is 0 Å². The topological polar surface area (TPSA) is 49.4 Å². The van der Waals surface area contributed by atoms with Gasteiger partial charge in [-0.15, -0.1) is 0 Å². The van der Waals surface area contributed by atoms with Crippen LogP contribution in [0.3, 0.4) is 0 Å². The average Bonchev–Trinajstić information content (AvgIpc) is 2.68. The van der Waals surface area contributed by atoms with Gasteiger partial charge in [-0.3, -0.25) is 9.59 Å². The predicted octanol–water partition coefficient (Wildman–Crippen LogP) is 4.89. The summed E-state index contributed by atoms with van der Waals surface area (Å²) in [6.07, 6.45) is 0. The van der Waals surface area contributed by atoms with Gasteiger partial charge in [-0.2, -0.15) is 0 Å². The zero-order valence-corrected chi connectivity index (χ0v) is 16.3. The fourth-order valence-corrected chi connectivity index (χ4v) is 3.02. The maximum Gasteiger partial charge on any atom is 0.255 e. The lowest BCUT2D eigenvalue weighted by molar-refractivity contribution is 0.0828. The molecule has 2 amide bonds. The summed E-state index contributed by atoms with van der Waals surface area (Å²) in [7, 11) is 3.24. The van der Waals surface area contributed by atoms with Crippen molar-refractivity contribution >= 4 is 17.5 Å². The fourth-order valence-electron chi connectivity index (χ4n) is 3.02. The number of nitrogens with one attached hydrogen (secondary N) is 1. The average molecular weight is 394 g/mol. The molecule has 4 nitrogen and oxygen atoms in total. The number of nitrogens with zero attached hydrogens (tertiary/aromatic N) is 1. The minimum atomic E-state index is -0.593. The Morgan fingerprint density at radius 2 is 1.59 bits per heavy atom. The number of rotatable bonds is 4. The van der Waals surface area contributed by atoms with Gasteiger partial charge in [0.1, 0.15) is 11.6 Å². The van der Waals surface area contributed by atoms with Gasteiger partial charge in [0.2, 0.25) is 0 Å². The number of carbonyl (C=O) groups is 2. The largest absolute Gasteiger partial charge is 0.345 e. The number of benzene rings is 3. The quantitative estimate of drug-likeness (QED) is 0.685. The van der Waals surface area contributed by atoms with E-state index in [0.29, 0.717) is 22.4 Å². The molecule has 0 atom stereocenters. The second kappa shape index (κ2) is 8.22. The molecule has 0 saturated heterocycles. The van der Waals surface area contributed by atoms with E-state index < -0.39 is 17.5 Å². The van der Waals surface area contributed by atoms with E-state index in [4.69, 9.17) is 0 Å². The molecular formula is C23H20F2N2O2. The van der Waals surface area contributed by atoms with Gasteiger partial charge in [0.15, 0.2) is 0 Å². The van der Waals surface area contributed by atoms with Crippen molar-refractivity contribution in [2.45, 2.75) is 6.92 Å². The summed E-state index contributed by atoms with van der Waals surface area (Å²) in [6, 6.07) is 14.8. The zero-order valence-electron chi connectivity index (χ0n) is 16.3. The summed E-state index contributed by atoms with van der Waals surface area (Å²) >= 11 is 0. The summed E-state index contributed by atoms with van der Waals surface area (Å²) in [5.74, 6) is -1.78. The molecule has 6 heteroatoms. The first-order valence-electron chi connectivity index (χ1n) is 8.96. The lowest BCUT2D eigenvalue weighted by Crippen LogP contribution is -2.24. The summed E-state index contributed by atoms with van der Waals surface area (Å²) < 4.78 is 28.0. The number of para-hydroxylation sites is 1. The molecule has 0 aliphatic rings. The van der Waals surface area contributed by atoms with Crippen LogP contribution in [-0.4, -0.2) is 30.8 Å². The summed E-state index contributed by atoms with van der Waals surface area (Å²) in [5, 5.41) is 2.67. The molecule has 0 spiro atoms. The number of halogens is 2. The molecule has 0 aliphatic carbocycles. The van der Waals surface area contributed by atoms with Crippen molar-refractivity contribution in [3.8, 4) is 11.1 Å². The fraction of sp³-hybridized carbons (Fsp3) is 0.130. The van der Waals surface area contributed by atoms with E-state index >= 15 is 0 Å². The molecule has 0 radical (unpaired) electrons. The van der Waals surface area contributed by atoms with E-state index in [0.717, 1.165) is 6.07 Å². The molecular weight excluding hydrogens is 374 g/mol. The van der Waals surface area contributed by atoms with Crippen LogP contribution in [0.1, 0.15) is 26.3 Å². The molecule has 0 aliphatic heterocycles. The van der Waals surface area contributed by atoms with Crippen molar-refractivity contribution in [2.75, 3.05) is 19.4 Å². The van der Waals surface area contributed by atoms with Crippen molar-refractivity contribution in [3.05, 3.63) is 89.0 Å². The van der Waals surface area contributed by atoms with Crippen LogP contribution >= 0.6 is 0 Å². The Kier molecular flexibility index (Phi) is 5.73. The third-order valence-corrected chi connectivity index (χ3v) is 4.52. The number of carbonyl (C=O) groups excluding carboxylic acids is 2. The Labute approximate surface area is 167 Å². The van der Waals surface area contributed by atoms with Crippen molar-refractivity contribution in [3.63, 3.8) is 0 Å². The Morgan fingerprint density at radius 3 is 2.24 bits per heavy atom. The SMILES string of the molecule is Cc1cc(F)ccc1-c1ccc(C(=O)Nc2ccccc2C(=O)N(C)C)cc1F. The Balaban J connectivity index is 1.88. The van der Waals surface area contributed by atoms with Crippen LogP contribution in [-0.2, 0) is 0 Å². The van der Waals surface area contributed by atoms with Crippen LogP contribution in [0.5, 0.6) is 0 Å². The van der Waals surface area contributed by atoms with Crippen LogP contribution in [0, 0.1) is 18.6 Å². The highest BCUT2D eigenvalue weighted by atomic mass is 19.1. The highest BCUT2D eigenvalue weighted by Crippen LogP contribution is 2.28. The zero-order chi connectivity index (χ0) is 21.1. The molecule has 0 bridgehead atoms. The van der Waals surface area contributed by atoms with E-state index in [1.54, 1.807) is 45.3 Å². The summed E-state index contributed by atoms with van der Waals surface area (Å²) in [4.78, 5) is 26.3. The maximum atomic E-state index is 14.7. The molecule has 0 heterocycles. The van der Waals surface area contributed by atoms with E-state index in [2.05, 4.69) is 5.32 Å². The van der Waals surface area contributed by atoms with Gasteiger partial charge in [0.25, 0.3) is 11.8 Å². The molecule has 29 heavy (non-hydrogen) atoms. The third-order valence-electron chi connectivity index (χ3n) is 4.52. The van der Waals surface area contributed by atoms with Crippen LogP contribution in [0.15, 0.2) is 60.7 Å². The van der Waals surface area contributed by atoms with Gasteiger partial charge in [-0.1, -0.05) is 24.3 Å². The van der Waals surface area contributed by atoms with Gasteiger partial charge in [-0.05, 0) is 54.4 Å². The highest BCUT2D eigenvalue weighted by Gasteiger charge is 2.17. The molecule has 3 rings (SSSR count). The Morgan fingerprint density at radius 1 is 0.897 bits per heavy atom. The van der Waals surface area contributed by atoms with E-state index in [1.165, 1.54) is 35.2 Å². The molecule has 0 aromatic heterocycles. The van der Waals surface area contributed by atoms with Gasteiger partial charge in [-0.25, -0.2) is 8.78 Å². The molecule has 0 unspecified atom stereocenters. The van der Waals surface area contributed by atoms with Crippen molar-refractivity contribution in [1.82, 2.24) is 4.90 Å². The molecule has 1 N–H and O–H groups in total. The van der Waals surface area contributed by atoms with Crippen molar-refractivity contribution < 1.29 is 18.4 Å². The smallest absolute Gasteiger partial charge is 0.255 e. The van der Waals surface area contributed by atoms with Gasteiger partial charge in [0.05, 0.1) is 11.3 Å². The second-order valence-electron chi connectivity index (χ2n) is 6.85. The number of aryl methyl sites for hydroxylation is 1. The van der Waals surface area contributed by atoms with Gasteiger partial charge in [0, 0.05) is 25.2 Å². The number of anilines is 1. The maximum absolute atomic E-state index is 14.7. The first kappa shape index (κ1) is 20.2. The minimum absolute atomic E-state index is 0.109. The lowest BCUT2D eigenvalue weighted by atomic mass is 9.98. The van der Waals surface area contributed by atoms with Gasteiger partial charge < -0.3 is 10.2 Å². The molecule has 0 saturated carbocycles. The Hall–Kier alpha value is -3.54. The standard InChI is InChI=1S/C23H20F2N2O2/c1-14-12-16(24)9-11-17(14)18-10-8-15(13-20(18)25)22(28)26-21-7-5-4-6-19(21)23(29)27(2)3/h4-13H,1-3H3,(H,26,28). The first-order valence-corrected chi connectivity index (χ1v) is 8.96. The second-order valence-corrected chi connectivity index (χ2v) is 6.85. The molecule has 3 aromatic rings.